The van der Waals surface area contributed by atoms with Gasteiger partial charge in [0, 0.05) is 24.3 Å². The zero-order valence-electron chi connectivity index (χ0n) is 17.8. The summed E-state index contributed by atoms with van der Waals surface area (Å²) in [7, 11) is 0. The summed E-state index contributed by atoms with van der Waals surface area (Å²) in [6.07, 6.45) is 4.22. The summed E-state index contributed by atoms with van der Waals surface area (Å²) in [5.41, 5.74) is 2.04. The number of carbonyl (C=O) groups excluding carboxylic acids is 2. The van der Waals surface area contributed by atoms with Crippen molar-refractivity contribution in [2.24, 2.45) is 0 Å². The van der Waals surface area contributed by atoms with Crippen molar-refractivity contribution < 1.29 is 14.0 Å². The Morgan fingerprint density at radius 1 is 1.25 bits per heavy atom. The molecule has 1 aromatic carbocycles. The maximum absolute atomic E-state index is 13.8. The maximum Gasteiger partial charge on any atom is 0.258 e. The highest BCUT2D eigenvalue weighted by Gasteiger charge is 2.52. The van der Waals surface area contributed by atoms with Crippen LogP contribution in [0.3, 0.4) is 0 Å². The number of fused-ring (bicyclic) bond motifs is 3. The molecule has 6 rings (SSSR count). The molecule has 1 aliphatic carbocycles. The fraction of sp³-hybridized carbons (Fsp3) is 0.391. The summed E-state index contributed by atoms with van der Waals surface area (Å²) in [5, 5.41) is 3.64. The predicted molar refractivity (Wildman–Crippen MR) is 128 cm³/mol. The number of amides is 2. The Morgan fingerprint density at radius 2 is 2.03 bits per heavy atom. The van der Waals surface area contributed by atoms with E-state index in [0.717, 1.165) is 24.1 Å². The molecular weight excluding hydrogens is 521 g/mol. The number of hydrogen-bond donors (Lipinski definition) is 1. The summed E-state index contributed by atoms with van der Waals surface area (Å²) >= 11 is 2.27. The van der Waals surface area contributed by atoms with Crippen LogP contribution in [-0.2, 0) is 10.2 Å². The van der Waals surface area contributed by atoms with Crippen molar-refractivity contribution >= 4 is 57.3 Å². The van der Waals surface area contributed by atoms with Crippen LogP contribution in [0.5, 0.6) is 0 Å². The second kappa shape index (κ2) is 6.66. The molecule has 9 heteroatoms. The van der Waals surface area contributed by atoms with Crippen LogP contribution in [0.1, 0.15) is 47.9 Å². The molecule has 4 heterocycles. The van der Waals surface area contributed by atoms with Gasteiger partial charge >= 0.3 is 0 Å². The lowest BCUT2D eigenvalue weighted by atomic mass is 9.81. The van der Waals surface area contributed by atoms with Gasteiger partial charge in [0.05, 0.1) is 39.2 Å². The summed E-state index contributed by atoms with van der Waals surface area (Å²) in [4.78, 5) is 37.3. The van der Waals surface area contributed by atoms with E-state index >= 15 is 0 Å². The van der Waals surface area contributed by atoms with E-state index < -0.39 is 5.41 Å². The number of halogens is 1. The Balaban J connectivity index is 1.40. The molecule has 164 valence electrons. The number of nitrogens with one attached hydrogen (secondary N) is 1. The van der Waals surface area contributed by atoms with Gasteiger partial charge in [-0.1, -0.05) is 18.2 Å². The molecule has 1 spiro atoms. The topological polar surface area (TPSA) is 91.6 Å². The van der Waals surface area contributed by atoms with E-state index in [1.165, 1.54) is 6.33 Å². The van der Waals surface area contributed by atoms with Crippen LogP contribution < -0.4 is 8.43 Å². The quantitative estimate of drug-likeness (QED) is 0.397. The first-order valence-electron chi connectivity index (χ1n) is 10.7. The van der Waals surface area contributed by atoms with Crippen molar-refractivity contribution in [3.05, 3.63) is 47.5 Å². The molecule has 2 aliphatic heterocycles. The molecule has 1 unspecified atom stereocenters. The molecule has 0 radical (unpaired) electrons. The lowest BCUT2D eigenvalue weighted by molar-refractivity contribution is -0.120. The molecule has 2 fully saturated rings. The summed E-state index contributed by atoms with van der Waals surface area (Å²) in [6.45, 7) is 4.82. The number of rotatable bonds is 3. The van der Waals surface area contributed by atoms with Gasteiger partial charge in [-0.15, -0.1) is 0 Å². The molecule has 1 saturated carbocycles. The number of aromatic nitrogens is 2. The van der Waals surface area contributed by atoms with Crippen LogP contribution in [0, 0.1) is 6.92 Å². The first-order chi connectivity index (χ1) is 15.3. The smallest absolute Gasteiger partial charge is 0.258 e. The third kappa shape index (κ3) is 2.66. The van der Waals surface area contributed by atoms with Crippen molar-refractivity contribution in [3.63, 3.8) is 0 Å². The van der Waals surface area contributed by atoms with E-state index in [0.29, 0.717) is 47.8 Å². The molecule has 3 aromatic rings. The van der Waals surface area contributed by atoms with E-state index in [-0.39, 0.29) is 17.4 Å². The highest BCUT2D eigenvalue weighted by Crippen LogP contribution is 2.48. The largest absolute Gasteiger partial charge is 0.442 e. The standard InChI is InChI=1S/C23H22IN5O3/c1-13-16(17-18(25-12-26-19(17)32-13)29(24)22(2)7-8-22)20(30)28-10-9-23(11-28)14-5-3-4-6-15(14)27-21(23)31/h3-6,12H,7-11H2,1-2H3,(H,27,31). The number of likely N-dealkylation sites (tertiary alicyclic amines) is 1. The van der Waals surface area contributed by atoms with Gasteiger partial charge in [0.25, 0.3) is 5.91 Å². The Hall–Kier alpha value is -2.69. The number of hydrogen-bond acceptors (Lipinski definition) is 6. The van der Waals surface area contributed by atoms with E-state index in [9.17, 15) is 9.59 Å². The van der Waals surface area contributed by atoms with Crippen molar-refractivity contribution in [2.75, 3.05) is 21.5 Å². The Kier molecular flexibility index (Phi) is 4.15. The van der Waals surface area contributed by atoms with Gasteiger partial charge in [0.15, 0.2) is 5.82 Å². The van der Waals surface area contributed by atoms with E-state index in [1.54, 1.807) is 11.8 Å². The predicted octanol–water partition coefficient (Wildman–Crippen LogP) is 3.98. The van der Waals surface area contributed by atoms with E-state index in [2.05, 4.69) is 48.2 Å². The van der Waals surface area contributed by atoms with Crippen molar-refractivity contribution in [1.82, 2.24) is 14.9 Å². The molecule has 1 atom stereocenters. The molecule has 0 bridgehead atoms. The van der Waals surface area contributed by atoms with Gasteiger partial charge in [-0.05, 0) is 44.7 Å². The lowest BCUT2D eigenvalue weighted by Gasteiger charge is -2.24. The van der Waals surface area contributed by atoms with Crippen LogP contribution in [0.2, 0.25) is 0 Å². The summed E-state index contributed by atoms with van der Waals surface area (Å²) < 4.78 is 7.99. The third-order valence-electron chi connectivity index (χ3n) is 7.17. The molecule has 32 heavy (non-hydrogen) atoms. The zero-order chi connectivity index (χ0) is 22.3. The highest BCUT2D eigenvalue weighted by atomic mass is 127. The Morgan fingerprint density at radius 3 is 2.81 bits per heavy atom. The maximum atomic E-state index is 13.8. The minimum Gasteiger partial charge on any atom is -0.442 e. The van der Waals surface area contributed by atoms with Gasteiger partial charge in [-0.25, -0.2) is 9.97 Å². The number of nitrogens with zero attached hydrogens (tertiary/aromatic N) is 4. The Labute approximate surface area is 198 Å². The first-order valence-corrected chi connectivity index (χ1v) is 11.7. The van der Waals surface area contributed by atoms with Crippen LogP contribution in [0.25, 0.3) is 11.1 Å². The first kappa shape index (κ1) is 20.0. The molecule has 2 amide bonds. The average molecular weight is 543 g/mol. The number of para-hydroxylation sites is 1. The van der Waals surface area contributed by atoms with E-state index in [4.69, 9.17) is 4.42 Å². The number of anilines is 2. The molecule has 8 nitrogen and oxygen atoms in total. The van der Waals surface area contributed by atoms with Gasteiger partial charge in [-0.2, -0.15) is 0 Å². The van der Waals surface area contributed by atoms with Gasteiger partial charge in [-0.3, -0.25) is 12.7 Å². The van der Waals surface area contributed by atoms with Crippen LogP contribution in [-0.4, -0.2) is 45.3 Å². The van der Waals surface area contributed by atoms with E-state index in [1.807, 2.05) is 24.3 Å². The highest BCUT2D eigenvalue weighted by molar-refractivity contribution is 14.1. The SMILES string of the molecule is Cc1oc2ncnc(N(I)C3(C)CC3)c2c1C(=O)N1CCC2(C1)C(=O)Nc1ccccc12. The number of furan rings is 1. The van der Waals surface area contributed by atoms with Gasteiger partial charge in [0.1, 0.15) is 12.1 Å². The van der Waals surface area contributed by atoms with Crippen molar-refractivity contribution in [2.45, 2.75) is 44.1 Å². The third-order valence-corrected chi connectivity index (χ3v) is 8.80. The summed E-state index contributed by atoms with van der Waals surface area (Å²) in [6, 6.07) is 7.75. The minimum absolute atomic E-state index is 0.0245. The number of benzene rings is 1. The van der Waals surface area contributed by atoms with Crippen LogP contribution >= 0.6 is 22.9 Å². The fourth-order valence-electron chi connectivity index (χ4n) is 4.99. The second-order valence-corrected chi connectivity index (χ2v) is 10.2. The number of aryl methyl sites for hydroxylation is 1. The Bertz CT molecular complexity index is 1300. The zero-order valence-corrected chi connectivity index (χ0v) is 20.0. The van der Waals surface area contributed by atoms with Crippen molar-refractivity contribution in [3.8, 4) is 0 Å². The lowest BCUT2D eigenvalue weighted by Crippen LogP contribution is -2.39. The molecule has 1 N–H and O–H groups in total. The van der Waals surface area contributed by atoms with Gasteiger partial charge in [0.2, 0.25) is 11.6 Å². The monoisotopic (exact) mass is 543 g/mol. The molecular formula is C23H22IN5O3. The number of carbonyl (C=O) groups is 2. The average Bonchev–Trinajstić information content (AvgIpc) is 3.14. The van der Waals surface area contributed by atoms with Crippen molar-refractivity contribution in [1.29, 1.82) is 0 Å². The summed E-state index contributed by atoms with van der Waals surface area (Å²) in [5.74, 6) is 1.05. The normalized spacial score (nSPS) is 23.0. The molecule has 2 aromatic heterocycles. The van der Waals surface area contributed by atoms with Crippen LogP contribution in [0.15, 0.2) is 35.0 Å². The van der Waals surface area contributed by atoms with Gasteiger partial charge < -0.3 is 14.6 Å². The second-order valence-electron chi connectivity index (χ2n) is 9.25. The fourth-order valence-corrected chi connectivity index (χ4v) is 5.84. The molecule has 3 aliphatic rings. The molecule has 1 saturated heterocycles. The van der Waals surface area contributed by atoms with Crippen LogP contribution in [0.4, 0.5) is 11.5 Å². The minimum atomic E-state index is -0.699.